The summed E-state index contributed by atoms with van der Waals surface area (Å²) >= 11 is 0. The summed E-state index contributed by atoms with van der Waals surface area (Å²) in [4.78, 5) is 25.0. The van der Waals surface area contributed by atoms with E-state index in [4.69, 9.17) is 0 Å². The molecule has 0 amide bonds. The van der Waals surface area contributed by atoms with E-state index >= 15 is 0 Å². The third-order valence-electron chi connectivity index (χ3n) is 3.90. The van der Waals surface area contributed by atoms with Crippen LogP contribution >= 0.6 is 0 Å². The molecule has 2 aromatic carbocycles. The molecule has 0 saturated carbocycles. The quantitative estimate of drug-likeness (QED) is 0.537. The summed E-state index contributed by atoms with van der Waals surface area (Å²) in [6.45, 7) is 1.07. The minimum atomic E-state index is -2.93. The maximum atomic E-state index is 12.5. The first kappa shape index (κ1) is 17.8. The van der Waals surface area contributed by atoms with E-state index in [1.54, 1.807) is 12.1 Å². The van der Waals surface area contributed by atoms with Crippen molar-refractivity contribution in [3.8, 4) is 5.75 Å². The SMILES string of the molecule is CCC(C)c1ccccc1C(=O)C(=O)c1ccc(OC(F)F)cc1. The highest BCUT2D eigenvalue weighted by Crippen LogP contribution is 2.24. The van der Waals surface area contributed by atoms with Crippen molar-refractivity contribution >= 4 is 11.6 Å². The van der Waals surface area contributed by atoms with Crippen LogP contribution in [0.4, 0.5) is 8.78 Å². The molecule has 0 heterocycles. The molecule has 0 spiro atoms. The lowest BCUT2D eigenvalue weighted by molar-refractivity contribution is -0.0498. The molecule has 0 N–H and O–H groups in total. The summed E-state index contributed by atoms with van der Waals surface area (Å²) in [6, 6.07) is 12.1. The van der Waals surface area contributed by atoms with Crippen molar-refractivity contribution in [1.82, 2.24) is 0 Å². The molecule has 0 bridgehead atoms. The van der Waals surface area contributed by atoms with Crippen LogP contribution in [0.15, 0.2) is 48.5 Å². The van der Waals surface area contributed by atoms with Gasteiger partial charge in [-0.1, -0.05) is 38.1 Å². The van der Waals surface area contributed by atoms with Crippen molar-refractivity contribution in [1.29, 1.82) is 0 Å². The first-order valence-electron chi connectivity index (χ1n) is 7.66. The lowest BCUT2D eigenvalue weighted by atomic mass is 9.89. The third-order valence-corrected chi connectivity index (χ3v) is 3.90. The predicted octanol–water partition coefficient (Wildman–Crippen LogP) is 4.87. The van der Waals surface area contributed by atoms with E-state index in [1.165, 1.54) is 24.3 Å². The fourth-order valence-corrected chi connectivity index (χ4v) is 2.39. The highest BCUT2D eigenvalue weighted by atomic mass is 19.3. The zero-order chi connectivity index (χ0) is 17.7. The zero-order valence-electron chi connectivity index (χ0n) is 13.5. The molecule has 0 saturated heterocycles. The maximum absolute atomic E-state index is 12.5. The molecule has 2 rings (SSSR count). The van der Waals surface area contributed by atoms with Crippen molar-refractivity contribution in [2.75, 3.05) is 0 Å². The predicted molar refractivity (Wildman–Crippen MR) is 86.9 cm³/mol. The third kappa shape index (κ3) is 4.04. The van der Waals surface area contributed by atoms with Gasteiger partial charge >= 0.3 is 6.61 Å². The molecule has 1 atom stereocenters. The normalized spacial score (nSPS) is 12.0. The molecule has 0 fully saturated rings. The van der Waals surface area contributed by atoms with E-state index in [9.17, 15) is 18.4 Å². The number of hydrogen-bond donors (Lipinski definition) is 0. The van der Waals surface area contributed by atoms with Crippen molar-refractivity contribution in [2.24, 2.45) is 0 Å². The molecule has 0 radical (unpaired) electrons. The summed E-state index contributed by atoms with van der Waals surface area (Å²) in [7, 11) is 0. The standard InChI is InChI=1S/C19H18F2O3/c1-3-12(2)15-6-4-5-7-16(15)18(23)17(22)13-8-10-14(11-9-13)24-19(20)21/h4-12,19H,3H2,1-2H3. The minimum absolute atomic E-state index is 0.0611. The molecule has 0 aliphatic rings. The molecule has 0 aromatic heterocycles. The number of halogens is 2. The molecule has 126 valence electrons. The van der Waals surface area contributed by atoms with E-state index in [-0.39, 0.29) is 17.2 Å². The van der Waals surface area contributed by atoms with Crippen molar-refractivity contribution in [3.05, 3.63) is 65.2 Å². The van der Waals surface area contributed by atoms with Crippen LogP contribution in [0.1, 0.15) is 52.5 Å². The van der Waals surface area contributed by atoms with Crippen LogP contribution in [-0.2, 0) is 0 Å². The van der Waals surface area contributed by atoms with Gasteiger partial charge in [-0.15, -0.1) is 0 Å². The topological polar surface area (TPSA) is 43.4 Å². The monoisotopic (exact) mass is 332 g/mol. The molecule has 0 aliphatic carbocycles. The number of alkyl halides is 2. The molecule has 3 nitrogen and oxygen atoms in total. The van der Waals surface area contributed by atoms with Gasteiger partial charge in [-0.3, -0.25) is 9.59 Å². The van der Waals surface area contributed by atoms with Gasteiger partial charge in [-0.2, -0.15) is 8.78 Å². The average molecular weight is 332 g/mol. The largest absolute Gasteiger partial charge is 0.435 e. The Morgan fingerprint density at radius 3 is 2.21 bits per heavy atom. The van der Waals surface area contributed by atoms with Crippen LogP contribution < -0.4 is 4.74 Å². The van der Waals surface area contributed by atoms with Crippen LogP contribution in [0.5, 0.6) is 5.75 Å². The number of carbonyl (C=O) groups is 2. The first-order valence-corrected chi connectivity index (χ1v) is 7.66. The number of ketones is 2. The van der Waals surface area contributed by atoms with Crippen LogP contribution in [0, 0.1) is 0 Å². The van der Waals surface area contributed by atoms with Gasteiger partial charge in [-0.05, 0) is 42.2 Å². The number of rotatable bonds is 7. The number of carbonyl (C=O) groups excluding carboxylic acids is 2. The van der Waals surface area contributed by atoms with Gasteiger partial charge in [0, 0.05) is 11.1 Å². The lowest BCUT2D eigenvalue weighted by Gasteiger charge is -2.13. The number of Topliss-reactive ketones (excluding diaryl/α,β-unsaturated/α-hetero) is 2. The van der Waals surface area contributed by atoms with Gasteiger partial charge in [0.2, 0.25) is 11.6 Å². The Balaban J connectivity index is 2.26. The molecule has 2 aromatic rings. The highest BCUT2D eigenvalue weighted by molar-refractivity contribution is 6.49. The van der Waals surface area contributed by atoms with E-state index in [0.29, 0.717) is 5.56 Å². The summed E-state index contributed by atoms with van der Waals surface area (Å²) in [5.74, 6) is -1.18. The molecule has 1 unspecified atom stereocenters. The fraction of sp³-hybridized carbons (Fsp3) is 0.263. The van der Waals surface area contributed by atoms with Crippen LogP contribution in [0.25, 0.3) is 0 Å². The van der Waals surface area contributed by atoms with Crippen molar-refractivity contribution < 1.29 is 23.1 Å². The average Bonchev–Trinajstić information content (AvgIpc) is 2.60. The summed E-state index contributed by atoms with van der Waals surface area (Å²) in [5, 5.41) is 0. The second kappa shape index (κ2) is 7.81. The molecule has 24 heavy (non-hydrogen) atoms. The molecule has 0 aliphatic heterocycles. The summed E-state index contributed by atoms with van der Waals surface area (Å²) in [6.07, 6.45) is 0.845. The van der Waals surface area contributed by atoms with Crippen molar-refractivity contribution in [3.63, 3.8) is 0 Å². The van der Waals surface area contributed by atoms with E-state index < -0.39 is 18.2 Å². The zero-order valence-corrected chi connectivity index (χ0v) is 13.5. The van der Waals surface area contributed by atoms with E-state index in [2.05, 4.69) is 4.74 Å². The summed E-state index contributed by atoms with van der Waals surface area (Å²) < 4.78 is 28.5. The minimum Gasteiger partial charge on any atom is -0.435 e. The van der Waals surface area contributed by atoms with Crippen LogP contribution in [0.3, 0.4) is 0 Å². The molecule has 5 heteroatoms. The van der Waals surface area contributed by atoms with E-state index in [0.717, 1.165) is 12.0 Å². The highest BCUT2D eigenvalue weighted by Gasteiger charge is 2.22. The number of ether oxygens (including phenoxy) is 1. The van der Waals surface area contributed by atoms with Gasteiger partial charge in [0.15, 0.2) is 0 Å². The maximum Gasteiger partial charge on any atom is 0.387 e. The molecular formula is C19H18F2O3. The Morgan fingerprint density at radius 2 is 1.62 bits per heavy atom. The van der Waals surface area contributed by atoms with Crippen LogP contribution in [0.2, 0.25) is 0 Å². The van der Waals surface area contributed by atoms with Gasteiger partial charge in [0.05, 0.1) is 0 Å². The Kier molecular flexibility index (Phi) is 5.79. The van der Waals surface area contributed by atoms with Crippen molar-refractivity contribution in [2.45, 2.75) is 32.8 Å². The number of hydrogen-bond acceptors (Lipinski definition) is 3. The van der Waals surface area contributed by atoms with Crippen LogP contribution in [-0.4, -0.2) is 18.2 Å². The van der Waals surface area contributed by atoms with Gasteiger partial charge in [0.1, 0.15) is 5.75 Å². The fourth-order valence-electron chi connectivity index (χ4n) is 2.39. The first-order chi connectivity index (χ1) is 11.4. The Hall–Kier alpha value is -2.56. The second-order valence-electron chi connectivity index (χ2n) is 5.46. The Bertz CT molecular complexity index is 724. The van der Waals surface area contributed by atoms with Gasteiger partial charge < -0.3 is 4.74 Å². The second-order valence-corrected chi connectivity index (χ2v) is 5.46. The summed E-state index contributed by atoms with van der Waals surface area (Å²) in [5.41, 5.74) is 1.35. The van der Waals surface area contributed by atoms with E-state index in [1.807, 2.05) is 26.0 Å². The molecular weight excluding hydrogens is 314 g/mol. The number of benzene rings is 2. The lowest BCUT2D eigenvalue weighted by Crippen LogP contribution is -2.17. The Morgan fingerprint density at radius 1 is 1.00 bits per heavy atom. The smallest absolute Gasteiger partial charge is 0.387 e. The van der Waals surface area contributed by atoms with Gasteiger partial charge in [-0.25, -0.2) is 0 Å². The van der Waals surface area contributed by atoms with Gasteiger partial charge in [0.25, 0.3) is 0 Å². The Labute approximate surface area is 139 Å².